The van der Waals surface area contributed by atoms with Crippen LogP contribution in [0.5, 0.6) is 0 Å². The Labute approximate surface area is 417 Å². The summed E-state index contributed by atoms with van der Waals surface area (Å²) < 4.78 is 6.73. The highest BCUT2D eigenvalue weighted by Crippen LogP contribution is 2.42. The van der Waals surface area contributed by atoms with Crippen LogP contribution in [-0.2, 0) is 0 Å². The lowest BCUT2D eigenvalue weighted by Crippen LogP contribution is -2.50. The van der Waals surface area contributed by atoms with E-state index < -0.39 is 0 Å². The Hall–Kier alpha value is -7.68. The van der Waals surface area contributed by atoms with E-state index in [2.05, 4.69) is 256 Å². The topological polar surface area (TPSA) is 16.4 Å². The normalized spacial score (nSPS) is 11.6. The second-order valence-corrected chi connectivity index (χ2v) is 19.4. The third-order valence-electron chi connectivity index (χ3n) is 15.7. The van der Waals surface area contributed by atoms with Gasteiger partial charge in [0, 0.05) is 33.2 Å². The highest BCUT2D eigenvalue weighted by Gasteiger charge is 2.28. The molecule has 0 saturated heterocycles. The predicted octanol–water partition coefficient (Wildman–Crippen LogP) is 3.25. The monoisotopic (exact) mass is 885 g/mol. The largest absolute Gasteiger partial charge is 0.455 e. The quantitative estimate of drug-likeness (QED) is 0.181. The van der Waals surface area contributed by atoms with Crippen LogP contribution in [0, 0.1) is 0 Å². The highest BCUT2D eigenvalue weighted by atomic mass is 16.3. The first-order valence-corrected chi connectivity index (χ1v) is 24.6. The maximum absolute atomic E-state index is 6.73. The van der Waals surface area contributed by atoms with Crippen LogP contribution in [0.3, 0.4) is 0 Å². The second kappa shape index (κ2) is 17.1. The van der Waals surface area contributed by atoms with E-state index in [0.717, 1.165) is 44.1 Å². The van der Waals surface area contributed by atoms with E-state index in [9.17, 15) is 0 Å². The number of rotatable bonds is 7. The summed E-state index contributed by atoms with van der Waals surface area (Å²) >= 11 is 0. The summed E-state index contributed by atoms with van der Waals surface area (Å²) in [5.74, 6) is 0. The molecule has 2 nitrogen and oxygen atoms in total. The van der Waals surface area contributed by atoms with E-state index in [4.69, 9.17) is 4.42 Å². The molecule has 0 aliphatic carbocycles. The maximum atomic E-state index is 6.73. The zero-order valence-corrected chi connectivity index (χ0v) is 41.3. The van der Waals surface area contributed by atoms with Crippen LogP contribution in [0.4, 0.5) is 17.1 Å². The van der Waals surface area contributed by atoms with Crippen molar-refractivity contribution in [2.45, 2.75) is 0 Å². The summed E-state index contributed by atoms with van der Waals surface area (Å²) in [6, 6.07) is 68.6. The highest BCUT2D eigenvalue weighted by molar-refractivity contribution is 6.65. The number of hydrogen-bond donors (Lipinski definition) is 0. The van der Waals surface area contributed by atoms with Crippen LogP contribution < -0.4 is 48.6 Å². The van der Waals surface area contributed by atoms with E-state index in [1.807, 2.05) is 0 Å². The van der Waals surface area contributed by atoms with Gasteiger partial charge in [-0.2, -0.15) is 0 Å². The third kappa shape index (κ3) is 6.83. The zero-order valence-electron chi connectivity index (χ0n) is 41.3. The summed E-state index contributed by atoms with van der Waals surface area (Å²) in [6.07, 6.45) is 0. The molecule has 0 atom stereocenters. The van der Waals surface area contributed by atoms with Crippen LogP contribution in [-0.4, -0.2) is 62.8 Å². The Morgan fingerprint density at radius 1 is 0.314 bits per heavy atom. The first-order chi connectivity index (χ1) is 34.1. The van der Waals surface area contributed by atoms with E-state index >= 15 is 0 Å². The van der Waals surface area contributed by atoms with Gasteiger partial charge in [0.25, 0.3) is 0 Å². The van der Waals surface area contributed by atoms with Crippen LogP contribution in [0.1, 0.15) is 0 Å². The average Bonchev–Trinajstić information content (AvgIpc) is 3.80. The van der Waals surface area contributed by atoms with Gasteiger partial charge in [-0.1, -0.05) is 195 Å². The van der Waals surface area contributed by atoms with Crippen molar-refractivity contribution in [3.05, 3.63) is 188 Å². The molecule has 322 valence electrons. The van der Waals surface area contributed by atoms with Crippen molar-refractivity contribution in [2.75, 3.05) is 4.90 Å². The second-order valence-electron chi connectivity index (χ2n) is 19.4. The van der Waals surface area contributed by atoms with Gasteiger partial charge < -0.3 is 9.32 Å². The fourth-order valence-corrected chi connectivity index (χ4v) is 11.8. The third-order valence-corrected chi connectivity index (χ3v) is 15.7. The molecule has 0 aliphatic heterocycles. The minimum absolute atomic E-state index is 0.894. The van der Waals surface area contributed by atoms with Crippen molar-refractivity contribution >= 4 is 178 Å². The lowest BCUT2D eigenvalue weighted by atomic mass is 9.62. The molecule has 12 aromatic rings. The smallest absolute Gasteiger partial charge is 0.143 e. The van der Waals surface area contributed by atoms with Gasteiger partial charge in [-0.15, -0.1) is 0 Å². The Morgan fingerprint density at radius 2 is 0.857 bits per heavy atom. The molecule has 11 aromatic carbocycles. The van der Waals surface area contributed by atoms with Crippen molar-refractivity contribution < 1.29 is 4.42 Å². The number of furan rings is 1. The molecule has 1 aromatic heterocycles. The van der Waals surface area contributed by atoms with Gasteiger partial charge in [0.15, 0.2) is 0 Å². The van der Waals surface area contributed by atoms with Crippen molar-refractivity contribution in [1.82, 2.24) is 0 Å². The molecular formula is C60H47B8NO. The lowest BCUT2D eigenvalue weighted by molar-refractivity contribution is 0.673. The minimum atomic E-state index is 0.894. The molecule has 1 heterocycles. The van der Waals surface area contributed by atoms with Gasteiger partial charge in [0.1, 0.15) is 73.9 Å². The molecule has 0 bridgehead atoms. The molecular weight excluding hydrogens is 837 g/mol. The van der Waals surface area contributed by atoms with Crippen LogP contribution in [0.25, 0.3) is 98.8 Å². The van der Waals surface area contributed by atoms with Gasteiger partial charge in [-0.25, -0.2) is 0 Å². The number of benzene rings is 11. The zero-order chi connectivity index (χ0) is 47.9. The SMILES string of the molecule is Bc1c(B)c(N(c2cccc(-c3cccc4oc5c6ccccc6ccc5c34)c2)c2c(B)c(B)c(-c3cc4ccccc4c4ccccc34)c(B)c2B)c(B)c(B)c1-c1cccc(-c2ccccc2)c1. The lowest BCUT2D eigenvalue weighted by Gasteiger charge is -2.37. The molecule has 12 rings (SSSR count). The minimum Gasteiger partial charge on any atom is -0.455 e. The van der Waals surface area contributed by atoms with Gasteiger partial charge in [-0.05, 0) is 108 Å². The predicted molar refractivity (Wildman–Crippen MR) is 328 cm³/mol. The van der Waals surface area contributed by atoms with E-state index in [1.165, 1.54) is 115 Å². The molecule has 70 heavy (non-hydrogen) atoms. The summed E-state index contributed by atoms with van der Waals surface area (Å²) in [4.78, 5) is 2.60. The van der Waals surface area contributed by atoms with Crippen molar-refractivity contribution in [2.24, 2.45) is 0 Å². The Bertz CT molecular complexity index is 4070. The molecule has 0 fully saturated rings. The summed E-state index contributed by atoms with van der Waals surface area (Å²) in [5.41, 5.74) is 25.5. The first-order valence-electron chi connectivity index (χ1n) is 24.6. The van der Waals surface area contributed by atoms with Crippen molar-refractivity contribution in [1.29, 1.82) is 0 Å². The molecule has 0 aliphatic rings. The Balaban J connectivity index is 1.11. The molecule has 0 saturated carbocycles. The molecule has 0 N–H and O–H groups in total. The van der Waals surface area contributed by atoms with Crippen LogP contribution >= 0.6 is 0 Å². The molecule has 0 radical (unpaired) electrons. The maximum Gasteiger partial charge on any atom is 0.143 e. The van der Waals surface area contributed by atoms with E-state index in [-0.39, 0.29) is 0 Å². The summed E-state index contributed by atoms with van der Waals surface area (Å²) in [5, 5.41) is 9.68. The van der Waals surface area contributed by atoms with Gasteiger partial charge in [-0.3, -0.25) is 0 Å². The standard InChI is InChI=1S/C60H47B8NO/c61-50-47(37-19-10-17-34(29-37)32-13-2-1-3-14-32)51(62)55(66)58(54(50)65)69(38-20-11-18-35(30-38)40-25-12-26-46-48(40)44-28-27-33-15-4-7-22-41(33)60(44)70-46)59-56(67)52(63)49(53(64)57(59)68)45-31-36-16-5-6-21-39(36)42-23-8-9-24-43(42)45/h1-31H,61-68H2. The van der Waals surface area contributed by atoms with Crippen molar-refractivity contribution in [3.63, 3.8) is 0 Å². The Morgan fingerprint density at radius 3 is 1.57 bits per heavy atom. The number of fused-ring (bicyclic) bond motifs is 8. The van der Waals surface area contributed by atoms with Gasteiger partial charge in [0.05, 0.1) is 0 Å². The molecule has 0 unspecified atom stereocenters. The summed E-state index contributed by atoms with van der Waals surface area (Å²) in [6.45, 7) is 0. The molecule has 10 heteroatoms. The Kier molecular flexibility index (Phi) is 10.6. The van der Waals surface area contributed by atoms with E-state index in [1.54, 1.807) is 0 Å². The number of hydrogen-bond acceptors (Lipinski definition) is 2. The number of anilines is 3. The van der Waals surface area contributed by atoms with Crippen LogP contribution in [0.2, 0.25) is 0 Å². The van der Waals surface area contributed by atoms with E-state index in [0.29, 0.717) is 0 Å². The fourth-order valence-electron chi connectivity index (χ4n) is 11.8. The van der Waals surface area contributed by atoms with Gasteiger partial charge in [0.2, 0.25) is 0 Å². The molecule has 0 spiro atoms. The molecule has 0 amide bonds. The van der Waals surface area contributed by atoms with Crippen LogP contribution in [0.15, 0.2) is 192 Å². The number of nitrogens with zero attached hydrogens (tertiary/aromatic N) is 1. The van der Waals surface area contributed by atoms with Gasteiger partial charge >= 0.3 is 0 Å². The summed E-state index contributed by atoms with van der Waals surface area (Å²) in [7, 11) is 18.7. The van der Waals surface area contributed by atoms with Crippen molar-refractivity contribution in [3.8, 4) is 44.5 Å². The first kappa shape index (κ1) is 43.6. The average molecular weight is 885 g/mol. The fraction of sp³-hybridized carbons (Fsp3) is 0.